The third kappa shape index (κ3) is 5.65. The van der Waals surface area contributed by atoms with E-state index in [2.05, 4.69) is 66.5 Å². The molecule has 1 atom stereocenters. The molecule has 5 nitrogen and oxygen atoms in total. The average Bonchev–Trinajstić information content (AvgIpc) is 3.56. The maximum Gasteiger partial charge on any atom is 0.291 e. The molecule has 37 heavy (non-hydrogen) atoms. The van der Waals surface area contributed by atoms with Gasteiger partial charge in [0.1, 0.15) is 10.8 Å². The van der Waals surface area contributed by atoms with E-state index in [0.717, 1.165) is 43.1 Å². The number of piperidine rings is 1. The Labute approximate surface area is 223 Å². The molecule has 0 spiro atoms. The van der Waals surface area contributed by atoms with Crippen LogP contribution in [-0.4, -0.2) is 31.0 Å². The van der Waals surface area contributed by atoms with Gasteiger partial charge in [0.15, 0.2) is 5.76 Å². The van der Waals surface area contributed by atoms with E-state index >= 15 is 0 Å². The molecule has 0 unspecified atom stereocenters. The lowest BCUT2D eigenvalue weighted by Crippen LogP contribution is -2.38. The van der Waals surface area contributed by atoms with Crippen molar-refractivity contribution in [2.24, 2.45) is 5.92 Å². The Kier molecular flexibility index (Phi) is 7.77. The van der Waals surface area contributed by atoms with E-state index in [1.165, 1.54) is 33.4 Å². The van der Waals surface area contributed by atoms with Crippen molar-refractivity contribution in [1.29, 1.82) is 0 Å². The largest absolute Gasteiger partial charge is 0.497 e. The van der Waals surface area contributed by atoms with Crippen molar-refractivity contribution in [2.45, 2.75) is 39.2 Å². The van der Waals surface area contributed by atoms with E-state index < -0.39 is 0 Å². The number of rotatable bonds is 8. The molecule has 1 saturated heterocycles. The van der Waals surface area contributed by atoms with E-state index in [0.29, 0.717) is 11.7 Å². The van der Waals surface area contributed by atoms with Gasteiger partial charge in [-0.3, -0.25) is 9.69 Å². The molecular formula is C31H34N2O3S. The van der Waals surface area contributed by atoms with Gasteiger partial charge in [0, 0.05) is 10.4 Å². The summed E-state index contributed by atoms with van der Waals surface area (Å²) in [6.45, 7) is 6.31. The highest BCUT2D eigenvalue weighted by Crippen LogP contribution is 2.44. The second kappa shape index (κ2) is 11.4. The van der Waals surface area contributed by atoms with Gasteiger partial charge in [-0.05, 0) is 93.1 Å². The van der Waals surface area contributed by atoms with Crippen LogP contribution >= 0.6 is 11.3 Å². The highest BCUT2D eigenvalue weighted by atomic mass is 32.1. The Hall–Kier alpha value is -3.35. The lowest BCUT2D eigenvalue weighted by molar-refractivity contribution is 0.0996. The number of nitrogens with zero attached hydrogens (tertiary/aromatic N) is 1. The quantitative estimate of drug-likeness (QED) is 0.269. The predicted molar refractivity (Wildman–Crippen MR) is 150 cm³/mol. The first-order chi connectivity index (χ1) is 18.0. The molecule has 1 N–H and O–H groups in total. The van der Waals surface area contributed by atoms with Crippen molar-refractivity contribution in [3.63, 3.8) is 0 Å². The van der Waals surface area contributed by atoms with Gasteiger partial charge in [-0.1, -0.05) is 42.5 Å². The van der Waals surface area contributed by atoms with Crippen molar-refractivity contribution < 1.29 is 13.9 Å². The van der Waals surface area contributed by atoms with Crippen LogP contribution in [0.1, 0.15) is 56.6 Å². The highest BCUT2D eigenvalue weighted by Gasteiger charge is 2.32. The van der Waals surface area contributed by atoms with Crippen LogP contribution in [0.4, 0.5) is 5.00 Å². The number of furan rings is 1. The van der Waals surface area contributed by atoms with Gasteiger partial charge >= 0.3 is 0 Å². The Morgan fingerprint density at radius 3 is 2.43 bits per heavy atom. The standard InChI is InChI=1S/C31H34N2O3S/c1-21-22(2)37-31(32-30(34)27-10-7-19-36-27)28(21)29(25-11-13-26(35-3)14-12-25)33-17-15-24(16-18-33)20-23-8-5-4-6-9-23/h4-14,19,24,29H,15-18,20H2,1-3H3,(H,32,34)/t29-/m1/s1. The molecule has 1 amide bonds. The van der Waals surface area contributed by atoms with Crippen molar-refractivity contribution in [1.82, 2.24) is 4.90 Å². The fourth-order valence-corrected chi connectivity index (χ4v) is 6.44. The predicted octanol–water partition coefficient (Wildman–Crippen LogP) is 7.26. The van der Waals surface area contributed by atoms with Crippen LogP contribution < -0.4 is 10.1 Å². The normalized spacial score (nSPS) is 15.4. The molecule has 0 bridgehead atoms. The molecule has 5 rings (SSSR count). The first kappa shape index (κ1) is 25.3. The van der Waals surface area contributed by atoms with Crippen molar-refractivity contribution in [3.05, 3.63) is 106 Å². The Balaban J connectivity index is 1.44. The number of carbonyl (C=O) groups excluding carboxylic acids is 1. The van der Waals surface area contributed by atoms with Crippen LogP contribution in [0.5, 0.6) is 5.75 Å². The minimum Gasteiger partial charge on any atom is -0.497 e. The molecule has 1 aliphatic heterocycles. The fraction of sp³-hybridized carbons (Fsp3) is 0.323. The number of thiophene rings is 1. The summed E-state index contributed by atoms with van der Waals surface area (Å²) in [7, 11) is 1.69. The van der Waals surface area contributed by atoms with Crippen LogP contribution in [0.15, 0.2) is 77.4 Å². The first-order valence-electron chi connectivity index (χ1n) is 12.9. The van der Waals surface area contributed by atoms with E-state index in [1.54, 1.807) is 30.6 Å². The number of likely N-dealkylation sites (tertiary alicyclic amines) is 1. The maximum atomic E-state index is 13.0. The summed E-state index contributed by atoms with van der Waals surface area (Å²) in [5.74, 6) is 1.62. The molecule has 1 fully saturated rings. The van der Waals surface area contributed by atoms with E-state index in [9.17, 15) is 4.79 Å². The number of aryl methyl sites for hydroxylation is 1. The van der Waals surface area contributed by atoms with Crippen LogP contribution in [0.2, 0.25) is 0 Å². The van der Waals surface area contributed by atoms with Crippen LogP contribution in [-0.2, 0) is 6.42 Å². The fourth-order valence-electron chi connectivity index (χ4n) is 5.35. The van der Waals surface area contributed by atoms with Crippen LogP contribution in [0.25, 0.3) is 0 Å². The van der Waals surface area contributed by atoms with Gasteiger partial charge in [0.25, 0.3) is 5.91 Å². The molecule has 4 aromatic rings. The number of hydrogen-bond donors (Lipinski definition) is 1. The van der Waals surface area contributed by atoms with Crippen molar-refractivity contribution >= 4 is 22.2 Å². The van der Waals surface area contributed by atoms with Gasteiger partial charge in [-0.2, -0.15) is 0 Å². The van der Waals surface area contributed by atoms with Gasteiger partial charge < -0.3 is 14.5 Å². The third-order valence-corrected chi connectivity index (χ3v) is 8.63. The Morgan fingerprint density at radius 2 is 1.78 bits per heavy atom. The number of amides is 1. The zero-order chi connectivity index (χ0) is 25.8. The van der Waals surface area contributed by atoms with Crippen molar-refractivity contribution in [3.8, 4) is 5.75 Å². The zero-order valence-electron chi connectivity index (χ0n) is 21.7. The number of methoxy groups -OCH3 is 1. The molecule has 0 saturated carbocycles. The van der Waals surface area contributed by atoms with Gasteiger partial charge in [0.05, 0.1) is 19.4 Å². The second-order valence-electron chi connectivity index (χ2n) is 9.80. The molecule has 0 aliphatic carbocycles. The molecule has 2 aromatic heterocycles. The van der Waals surface area contributed by atoms with E-state index in [-0.39, 0.29) is 11.9 Å². The minimum absolute atomic E-state index is 0.0421. The molecule has 192 valence electrons. The monoisotopic (exact) mass is 514 g/mol. The molecule has 2 aromatic carbocycles. The first-order valence-corrected chi connectivity index (χ1v) is 13.7. The summed E-state index contributed by atoms with van der Waals surface area (Å²) in [4.78, 5) is 16.7. The van der Waals surface area contributed by atoms with Gasteiger partial charge in [-0.25, -0.2) is 0 Å². The van der Waals surface area contributed by atoms with Crippen LogP contribution in [0.3, 0.4) is 0 Å². The average molecular weight is 515 g/mol. The molecule has 6 heteroatoms. The van der Waals surface area contributed by atoms with Crippen molar-refractivity contribution in [2.75, 3.05) is 25.5 Å². The molecular weight excluding hydrogens is 480 g/mol. The molecule has 3 heterocycles. The summed E-state index contributed by atoms with van der Waals surface area (Å²) in [6, 6.07) is 22.7. The Bertz CT molecular complexity index is 1300. The second-order valence-corrected chi connectivity index (χ2v) is 11.0. The molecule has 0 radical (unpaired) electrons. The van der Waals surface area contributed by atoms with Gasteiger partial charge in [-0.15, -0.1) is 11.3 Å². The number of nitrogens with one attached hydrogen (secondary N) is 1. The summed E-state index contributed by atoms with van der Waals surface area (Å²) < 4.78 is 10.8. The smallest absolute Gasteiger partial charge is 0.291 e. The number of ether oxygens (including phenoxy) is 1. The van der Waals surface area contributed by atoms with E-state index in [4.69, 9.17) is 9.15 Å². The number of benzene rings is 2. The minimum atomic E-state index is -0.220. The number of anilines is 1. The maximum absolute atomic E-state index is 13.0. The van der Waals surface area contributed by atoms with E-state index in [1.807, 2.05) is 12.1 Å². The summed E-state index contributed by atoms with van der Waals surface area (Å²) in [6.07, 6.45) is 4.96. The summed E-state index contributed by atoms with van der Waals surface area (Å²) >= 11 is 1.64. The SMILES string of the molecule is COc1ccc([C@H](c2c(NC(=O)c3ccco3)sc(C)c2C)N2CCC(Cc3ccccc3)CC2)cc1. The van der Waals surface area contributed by atoms with Crippen LogP contribution in [0, 0.1) is 19.8 Å². The van der Waals surface area contributed by atoms with Gasteiger partial charge in [0.2, 0.25) is 0 Å². The third-order valence-electron chi connectivity index (χ3n) is 7.49. The topological polar surface area (TPSA) is 54.7 Å². The Morgan fingerprint density at radius 1 is 1.05 bits per heavy atom. The summed E-state index contributed by atoms with van der Waals surface area (Å²) in [5.41, 5.74) is 5.03. The molecule has 1 aliphatic rings. The number of carbonyl (C=O) groups is 1. The lowest BCUT2D eigenvalue weighted by atomic mass is 9.87. The lowest BCUT2D eigenvalue weighted by Gasteiger charge is -2.38. The zero-order valence-corrected chi connectivity index (χ0v) is 22.5. The highest BCUT2D eigenvalue weighted by molar-refractivity contribution is 7.16. The number of hydrogen-bond acceptors (Lipinski definition) is 5. The summed E-state index contributed by atoms with van der Waals surface area (Å²) in [5, 5.41) is 4.05.